The first-order valence-electron chi connectivity index (χ1n) is 4.45. The third-order valence-electron chi connectivity index (χ3n) is 1.61. The number of halogens is 3. The number of carbonyl (C=O) groups excluding carboxylic acids is 1. The molecule has 0 aliphatic rings. The van der Waals surface area contributed by atoms with Crippen LogP contribution >= 0.6 is 39.1 Å². The molecule has 1 aromatic carbocycles. The predicted molar refractivity (Wildman–Crippen MR) is 69.9 cm³/mol. The first-order chi connectivity index (χ1) is 8.40. The zero-order chi connectivity index (χ0) is 13.7. The molecule has 3 N–H and O–H groups in total. The SMILES string of the molecule is O=C(O)CONC(=O)Nc1c(Cl)cc(Br)cc1Cl. The molecule has 1 aromatic rings. The van der Waals surface area contributed by atoms with E-state index in [1.54, 1.807) is 12.1 Å². The lowest BCUT2D eigenvalue weighted by molar-refractivity contribution is -0.143. The fourth-order valence-corrected chi connectivity index (χ4v) is 2.27. The van der Waals surface area contributed by atoms with E-state index in [0.717, 1.165) is 0 Å². The second kappa shape index (κ2) is 6.79. The molecule has 1 rings (SSSR count). The van der Waals surface area contributed by atoms with Crippen molar-refractivity contribution >= 4 is 56.8 Å². The number of carboxylic acids is 1. The first-order valence-corrected chi connectivity index (χ1v) is 6.00. The van der Waals surface area contributed by atoms with E-state index >= 15 is 0 Å². The molecule has 0 aliphatic carbocycles. The molecule has 0 atom stereocenters. The smallest absolute Gasteiger partial charge is 0.343 e. The fourth-order valence-electron chi connectivity index (χ4n) is 0.964. The maximum absolute atomic E-state index is 11.3. The fraction of sp³-hybridized carbons (Fsp3) is 0.111. The number of aliphatic carboxylic acids is 1. The summed E-state index contributed by atoms with van der Waals surface area (Å²) in [5.74, 6) is -1.21. The molecule has 0 radical (unpaired) electrons. The van der Waals surface area contributed by atoms with Gasteiger partial charge in [0.2, 0.25) is 0 Å². The van der Waals surface area contributed by atoms with Crippen LogP contribution in [-0.4, -0.2) is 23.7 Å². The van der Waals surface area contributed by atoms with Crippen LogP contribution in [0.5, 0.6) is 0 Å². The number of carbonyl (C=O) groups is 2. The Bertz CT molecular complexity index is 461. The summed E-state index contributed by atoms with van der Waals surface area (Å²) in [4.78, 5) is 25.8. The summed E-state index contributed by atoms with van der Waals surface area (Å²) < 4.78 is 0.658. The van der Waals surface area contributed by atoms with Gasteiger partial charge in [0, 0.05) is 4.47 Å². The van der Waals surface area contributed by atoms with Crippen LogP contribution in [0.15, 0.2) is 16.6 Å². The molecule has 0 saturated heterocycles. The van der Waals surface area contributed by atoms with Crippen LogP contribution in [0.4, 0.5) is 10.5 Å². The zero-order valence-electron chi connectivity index (χ0n) is 8.67. The van der Waals surface area contributed by atoms with E-state index in [4.69, 9.17) is 28.3 Å². The van der Waals surface area contributed by atoms with Crippen molar-refractivity contribution < 1.29 is 19.5 Å². The van der Waals surface area contributed by atoms with Crippen LogP contribution in [0, 0.1) is 0 Å². The summed E-state index contributed by atoms with van der Waals surface area (Å²) in [6.45, 7) is -0.658. The second-order valence-electron chi connectivity index (χ2n) is 2.98. The van der Waals surface area contributed by atoms with Crippen LogP contribution in [0.2, 0.25) is 10.0 Å². The van der Waals surface area contributed by atoms with Gasteiger partial charge in [0.25, 0.3) is 0 Å². The van der Waals surface area contributed by atoms with Gasteiger partial charge in [0.1, 0.15) is 0 Å². The molecule has 0 bridgehead atoms. The van der Waals surface area contributed by atoms with Crippen LogP contribution in [0.3, 0.4) is 0 Å². The summed E-state index contributed by atoms with van der Waals surface area (Å²) in [7, 11) is 0. The highest BCUT2D eigenvalue weighted by molar-refractivity contribution is 9.10. The highest BCUT2D eigenvalue weighted by Crippen LogP contribution is 2.33. The highest BCUT2D eigenvalue weighted by Gasteiger charge is 2.11. The van der Waals surface area contributed by atoms with Gasteiger partial charge in [0.15, 0.2) is 6.61 Å². The average molecular weight is 358 g/mol. The van der Waals surface area contributed by atoms with Crippen LogP contribution < -0.4 is 10.8 Å². The van der Waals surface area contributed by atoms with Crippen LogP contribution in [-0.2, 0) is 9.63 Å². The molecule has 6 nitrogen and oxygen atoms in total. The topological polar surface area (TPSA) is 87.7 Å². The van der Waals surface area contributed by atoms with E-state index in [1.165, 1.54) is 0 Å². The summed E-state index contributed by atoms with van der Waals surface area (Å²) in [6, 6.07) is 2.30. The van der Waals surface area contributed by atoms with E-state index in [2.05, 4.69) is 26.1 Å². The molecule has 0 aromatic heterocycles. The third-order valence-corrected chi connectivity index (χ3v) is 2.66. The Labute approximate surface area is 120 Å². The largest absolute Gasteiger partial charge is 0.479 e. The molecule has 18 heavy (non-hydrogen) atoms. The van der Waals surface area contributed by atoms with Gasteiger partial charge in [-0.3, -0.25) is 4.84 Å². The Kier molecular flexibility index (Phi) is 5.67. The molecule has 0 unspecified atom stereocenters. The molecule has 9 heteroatoms. The van der Waals surface area contributed by atoms with Crippen molar-refractivity contribution in [2.24, 2.45) is 0 Å². The predicted octanol–water partition coefficient (Wildman–Crippen LogP) is 2.89. The van der Waals surface area contributed by atoms with Crippen LogP contribution in [0.25, 0.3) is 0 Å². The zero-order valence-corrected chi connectivity index (χ0v) is 11.8. The number of nitrogens with one attached hydrogen (secondary N) is 2. The molecule has 0 heterocycles. The molecule has 0 fully saturated rings. The van der Waals surface area contributed by atoms with E-state index < -0.39 is 18.6 Å². The van der Waals surface area contributed by atoms with E-state index in [0.29, 0.717) is 4.47 Å². The van der Waals surface area contributed by atoms with Crippen molar-refractivity contribution in [3.05, 3.63) is 26.7 Å². The van der Waals surface area contributed by atoms with Gasteiger partial charge < -0.3 is 10.4 Å². The van der Waals surface area contributed by atoms with Crippen LogP contribution in [0.1, 0.15) is 0 Å². The van der Waals surface area contributed by atoms with Gasteiger partial charge >= 0.3 is 12.0 Å². The number of carboxylic acid groups (broad SMARTS) is 1. The average Bonchev–Trinajstić information content (AvgIpc) is 2.22. The van der Waals surface area contributed by atoms with Crippen molar-refractivity contribution in [2.45, 2.75) is 0 Å². The van der Waals surface area contributed by atoms with Crippen molar-refractivity contribution in [2.75, 3.05) is 11.9 Å². The molecular weight excluding hydrogens is 351 g/mol. The number of rotatable bonds is 4. The lowest BCUT2D eigenvalue weighted by Crippen LogP contribution is -2.31. The summed E-state index contributed by atoms with van der Waals surface area (Å²) in [6.07, 6.45) is 0. The van der Waals surface area contributed by atoms with Gasteiger partial charge in [-0.05, 0) is 12.1 Å². The monoisotopic (exact) mass is 356 g/mol. The van der Waals surface area contributed by atoms with Crippen molar-refractivity contribution in [1.29, 1.82) is 0 Å². The quantitative estimate of drug-likeness (QED) is 0.723. The van der Waals surface area contributed by atoms with Crippen molar-refractivity contribution in [3.8, 4) is 0 Å². The second-order valence-corrected chi connectivity index (χ2v) is 4.71. The number of benzene rings is 1. The molecular formula is C9H7BrCl2N2O4. The summed E-state index contributed by atoms with van der Waals surface area (Å²) in [5, 5.41) is 11.1. The molecule has 0 spiro atoms. The lowest BCUT2D eigenvalue weighted by atomic mass is 10.3. The normalized spacial score (nSPS) is 9.94. The number of anilines is 1. The summed E-state index contributed by atoms with van der Waals surface area (Å²) >= 11 is 14.9. The highest BCUT2D eigenvalue weighted by atomic mass is 79.9. The number of urea groups is 1. The Hall–Kier alpha value is -1.02. The Morgan fingerprint density at radius 2 is 1.89 bits per heavy atom. The Morgan fingerprint density at radius 3 is 2.39 bits per heavy atom. The maximum Gasteiger partial charge on any atom is 0.343 e. The van der Waals surface area contributed by atoms with Crippen molar-refractivity contribution in [3.63, 3.8) is 0 Å². The van der Waals surface area contributed by atoms with E-state index in [1.807, 2.05) is 5.48 Å². The first kappa shape index (κ1) is 15.0. The lowest BCUT2D eigenvalue weighted by Gasteiger charge is -2.10. The van der Waals surface area contributed by atoms with Gasteiger partial charge in [-0.1, -0.05) is 39.1 Å². The van der Waals surface area contributed by atoms with Gasteiger partial charge in [-0.25, -0.2) is 15.1 Å². The summed E-state index contributed by atoms with van der Waals surface area (Å²) in [5.41, 5.74) is 2.06. The molecule has 0 saturated carbocycles. The number of hydrogen-bond donors (Lipinski definition) is 3. The third kappa shape index (κ3) is 4.69. The number of amides is 2. The van der Waals surface area contributed by atoms with E-state index in [-0.39, 0.29) is 15.7 Å². The Morgan fingerprint density at radius 1 is 1.33 bits per heavy atom. The molecule has 98 valence electrons. The Balaban J connectivity index is 2.62. The molecule has 2 amide bonds. The minimum Gasteiger partial charge on any atom is -0.479 e. The van der Waals surface area contributed by atoms with Gasteiger partial charge in [0.05, 0.1) is 15.7 Å². The maximum atomic E-state index is 11.3. The number of hydroxylamine groups is 1. The molecule has 0 aliphatic heterocycles. The minimum atomic E-state index is -1.21. The van der Waals surface area contributed by atoms with E-state index in [9.17, 15) is 9.59 Å². The van der Waals surface area contributed by atoms with Gasteiger partial charge in [-0.15, -0.1) is 0 Å². The van der Waals surface area contributed by atoms with Gasteiger partial charge in [-0.2, -0.15) is 0 Å². The standard InChI is InChI=1S/C9H7BrCl2N2O4/c10-4-1-5(11)8(6(12)2-4)13-9(17)14-18-3-7(15)16/h1-2H,3H2,(H,15,16)(H2,13,14,17). The minimum absolute atomic E-state index is 0.193. The number of hydrogen-bond acceptors (Lipinski definition) is 3. The van der Waals surface area contributed by atoms with Crippen molar-refractivity contribution in [1.82, 2.24) is 5.48 Å².